The number of aryl methyl sites for hydroxylation is 1. The zero-order valence-electron chi connectivity index (χ0n) is 9.83. The number of rotatable bonds is 0. The largest absolute Gasteiger partial charge is 0.382 e. The highest BCUT2D eigenvalue weighted by Gasteiger charge is 2.25. The molecule has 1 atom stereocenters. The quantitative estimate of drug-likeness (QED) is 0.706. The smallest absolute Gasteiger partial charge is 0.122 e. The third-order valence-electron chi connectivity index (χ3n) is 3.40. The van der Waals surface area contributed by atoms with Gasteiger partial charge < -0.3 is 5.11 Å². The molecule has 1 heterocycles. The van der Waals surface area contributed by atoms with E-state index in [2.05, 4.69) is 36.8 Å². The van der Waals surface area contributed by atoms with E-state index in [1.165, 1.54) is 0 Å². The summed E-state index contributed by atoms with van der Waals surface area (Å²) >= 11 is 13.1. The van der Waals surface area contributed by atoms with Gasteiger partial charge in [0, 0.05) is 15.1 Å². The molecule has 1 unspecified atom stereocenters. The molecule has 0 saturated carbocycles. The monoisotopic (exact) mass is 401 g/mol. The summed E-state index contributed by atoms with van der Waals surface area (Å²) in [5.41, 5.74) is 3.75. The second-order valence-corrected chi connectivity index (χ2v) is 6.65. The third kappa shape index (κ3) is 2.35. The highest BCUT2D eigenvalue weighted by molar-refractivity contribution is 9.10. The van der Waals surface area contributed by atoms with E-state index in [-0.39, 0.29) is 0 Å². The maximum absolute atomic E-state index is 10.6. The Bertz CT molecular complexity index is 660. The molecule has 0 radical (unpaired) electrons. The lowest BCUT2D eigenvalue weighted by Crippen LogP contribution is -2.05. The van der Waals surface area contributed by atoms with Crippen molar-refractivity contribution in [1.29, 1.82) is 0 Å². The van der Waals surface area contributed by atoms with Crippen LogP contribution in [0.25, 0.3) is 0 Å². The number of aliphatic hydroxyl groups excluding tert-OH is 1. The SMILES string of the molecule is OC1c2ccc(Cl)c(Br)c2CCc2cc(Br)cnc21. The molecule has 2 nitrogen and oxygen atoms in total. The Hall–Kier alpha value is -0.420. The van der Waals surface area contributed by atoms with Gasteiger partial charge in [-0.3, -0.25) is 4.98 Å². The first-order chi connectivity index (χ1) is 9.08. The molecule has 5 heteroatoms. The third-order valence-corrected chi connectivity index (χ3v) is 5.28. The number of halogens is 3. The molecule has 0 saturated heterocycles. The van der Waals surface area contributed by atoms with Gasteiger partial charge in [0.25, 0.3) is 0 Å². The van der Waals surface area contributed by atoms with Crippen LogP contribution in [0.5, 0.6) is 0 Å². The molecule has 0 fully saturated rings. The molecule has 0 amide bonds. The molecule has 19 heavy (non-hydrogen) atoms. The minimum absolute atomic E-state index is 0.672. The molecular weight excluding hydrogens is 393 g/mol. The normalized spacial score (nSPS) is 17.6. The van der Waals surface area contributed by atoms with Crippen LogP contribution in [-0.2, 0) is 12.8 Å². The van der Waals surface area contributed by atoms with Crippen molar-refractivity contribution in [2.24, 2.45) is 0 Å². The molecule has 0 bridgehead atoms. The van der Waals surface area contributed by atoms with Crippen molar-refractivity contribution in [3.05, 3.63) is 60.7 Å². The molecule has 0 spiro atoms. The Morgan fingerprint density at radius 2 is 2.05 bits per heavy atom. The average molecular weight is 404 g/mol. The molecule has 3 rings (SSSR count). The number of hydrogen-bond donors (Lipinski definition) is 1. The number of fused-ring (bicyclic) bond motifs is 2. The van der Waals surface area contributed by atoms with Gasteiger partial charge in [0.1, 0.15) is 6.10 Å². The number of pyridine rings is 1. The predicted octanol–water partition coefficient (Wildman–Crippen LogP) is 4.44. The lowest BCUT2D eigenvalue weighted by atomic mass is 10.0. The maximum atomic E-state index is 10.6. The van der Waals surface area contributed by atoms with Crippen LogP contribution in [0, 0.1) is 0 Å². The summed E-state index contributed by atoms with van der Waals surface area (Å²) in [5.74, 6) is 0. The van der Waals surface area contributed by atoms with Gasteiger partial charge in [-0.15, -0.1) is 0 Å². The van der Waals surface area contributed by atoms with Gasteiger partial charge in [-0.2, -0.15) is 0 Å². The predicted molar refractivity (Wildman–Crippen MR) is 82.6 cm³/mol. The van der Waals surface area contributed by atoms with Gasteiger partial charge in [-0.25, -0.2) is 0 Å². The summed E-state index contributed by atoms with van der Waals surface area (Å²) in [6.07, 6.45) is 2.69. The second-order valence-electron chi connectivity index (χ2n) is 4.53. The fourth-order valence-electron chi connectivity index (χ4n) is 2.46. The average Bonchev–Trinajstić information content (AvgIpc) is 2.52. The van der Waals surface area contributed by atoms with Crippen molar-refractivity contribution in [3.63, 3.8) is 0 Å². The van der Waals surface area contributed by atoms with E-state index in [9.17, 15) is 5.11 Å². The van der Waals surface area contributed by atoms with Crippen LogP contribution in [-0.4, -0.2) is 10.1 Å². The first kappa shape index (κ1) is 13.6. The van der Waals surface area contributed by atoms with Gasteiger partial charge in [0.15, 0.2) is 0 Å². The van der Waals surface area contributed by atoms with Crippen LogP contribution in [0.15, 0.2) is 33.3 Å². The topological polar surface area (TPSA) is 33.1 Å². The van der Waals surface area contributed by atoms with Gasteiger partial charge >= 0.3 is 0 Å². The number of aliphatic hydroxyl groups is 1. The number of hydrogen-bond acceptors (Lipinski definition) is 2. The van der Waals surface area contributed by atoms with E-state index in [1.807, 2.05) is 12.1 Å². The van der Waals surface area contributed by atoms with Crippen LogP contribution in [0.1, 0.15) is 28.5 Å². The fraction of sp³-hybridized carbons (Fsp3) is 0.214. The fourth-order valence-corrected chi connectivity index (χ4v) is 3.58. The van der Waals surface area contributed by atoms with Crippen molar-refractivity contribution in [3.8, 4) is 0 Å². The minimum Gasteiger partial charge on any atom is -0.382 e. The van der Waals surface area contributed by atoms with E-state index in [0.29, 0.717) is 5.02 Å². The first-order valence-electron chi connectivity index (χ1n) is 5.87. The molecule has 1 aromatic carbocycles. The lowest BCUT2D eigenvalue weighted by molar-refractivity contribution is 0.214. The summed E-state index contributed by atoms with van der Waals surface area (Å²) in [4.78, 5) is 4.37. The van der Waals surface area contributed by atoms with E-state index in [4.69, 9.17) is 11.6 Å². The van der Waals surface area contributed by atoms with Gasteiger partial charge in [-0.1, -0.05) is 17.7 Å². The number of benzene rings is 1. The summed E-state index contributed by atoms with van der Waals surface area (Å²) in [6, 6.07) is 5.70. The Labute approximate surface area is 133 Å². The van der Waals surface area contributed by atoms with E-state index < -0.39 is 6.10 Å². The molecule has 1 aliphatic rings. The summed E-state index contributed by atoms with van der Waals surface area (Å²) in [5, 5.41) is 11.2. The Balaban J connectivity index is 2.19. The Morgan fingerprint density at radius 1 is 1.26 bits per heavy atom. The molecule has 98 valence electrons. The molecular formula is C14H10Br2ClNO. The number of nitrogens with zero attached hydrogens (tertiary/aromatic N) is 1. The maximum Gasteiger partial charge on any atom is 0.122 e. The Morgan fingerprint density at radius 3 is 2.84 bits per heavy atom. The minimum atomic E-state index is -0.700. The summed E-state index contributed by atoms with van der Waals surface area (Å²) in [6.45, 7) is 0. The van der Waals surface area contributed by atoms with Crippen LogP contribution < -0.4 is 0 Å². The van der Waals surface area contributed by atoms with E-state index >= 15 is 0 Å². The van der Waals surface area contributed by atoms with Crippen LogP contribution in [0.3, 0.4) is 0 Å². The van der Waals surface area contributed by atoms with Crippen molar-refractivity contribution < 1.29 is 5.11 Å². The van der Waals surface area contributed by atoms with E-state index in [0.717, 1.165) is 44.2 Å². The van der Waals surface area contributed by atoms with Crippen LogP contribution >= 0.6 is 43.5 Å². The second kappa shape index (κ2) is 5.17. The summed E-state index contributed by atoms with van der Waals surface area (Å²) in [7, 11) is 0. The highest BCUT2D eigenvalue weighted by atomic mass is 79.9. The van der Waals surface area contributed by atoms with Crippen molar-refractivity contribution >= 4 is 43.5 Å². The van der Waals surface area contributed by atoms with Crippen molar-refractivity contribution in [2.75, 3.05) is 0 Å². The standard InChI is InChI=1S/C14H10Br2ClNO/c15-8-5-7-1-2-9-10(3-4-11(17)12(9)16)14(19)13(7)18-6-8/h3-6,14,19H,1-2H2. The number of aromatic nitrogens is 1. The van der Waals surface area contributed by atoms with Crippen molar-refractivity contribution in [2.45, 2.75) is 18.9 Å². The molecule has 1 aliphatic carbocycles. The molecule has 1 aromatic heterocycles. The van der Waals surface area contributed by atoms with E-state index in [1.54, 1.807) is 12.3 Å². The first-order valence-corrected chi connectivity index (χ1v) is 7.83. The van der Waals surface area contributed by atoms with Crippen LogP contribution in [0.4, 0.5) is 0 Å². The molecule has 1 N–H and O–H groups in total. The zero-order chi connectivity index (χ0) is 13.6. The summed E-state index contributed by atoms with van der Waals surface area (Å²) < 4.78 is 1.80. The Kier molecular flexibility index (Phi) is 3.69. The van der Waals surface area contributed by atoms with Crippen molar-refractivity contribution in [1.82, 2.24) is 4.98 Å². The highest BCUT2D eigenvalue weighted by Crippen LogP contribution is 2.38. The van der Waals surface area contributed by atoms with Crippen LogP contribution in [0.2, 0.25) is 5.02 Å². The lowest BCUT2D eigenvalue weighted by Gasteiger charge is -2.15. The zero-order valence-corrected chi connectivity index (χ0v) is 13.8. The molecule has 2 aromatic rings. The van der Waals surface area contributed by atoms with Gasteiger partial charge in [-0.05, 0) is 73.5 Å². The van der Waals surface area contributed by atoms with Gasteiger partial charge in [0.05, 0.1) is 10.7 Å². The van der Waals surface area contributed by atoms with Gasteiger partial charge in [0.2, 0.25) is 0 Å². The molecule has 0 aliphatic heterocycles.